The summed E-state index contributed by atoms with van der Waals surface area (Å²) >= 11 is 0. The second kappa shape index (κ2) is 6.13. The molecule has 0 spiro atoms. The summed E-state index contributed by atoms with van der Waals surface area (Å²) in [4.78, 5) is 25.5. The second-order valence-corrected chi connectivity index (χ2v) is 3.37. The number of carbonyl (C=O) groups is 1. The van der Waals surface area contributed by atoms with Crippen LogP contribution in [-0.2, 0) is 16.0 Å². The topological polar surface area (TPSA) is 68.4 Å². The lowest BCUT2D eigenvalue weighted by molar-refractivity contribution is -0.142. The van der Waals surface area contributed by atoms with E-state index >= 15 is 0 Å². The Labute approximate surface area is 102 Å². The van der Waals surface area contributed by atoms with Crippen molar-refractivity contribution in [1.82, 2.24) is 4.98 Å². The Morgan fingerprint density at radius 3 is 2.67 bits per heavy atom. The van der Waals surface area contributed by atoms with Gasteiger partial charge in [0.1, 0.15) is 0 Å². The summed E-state index contributed by atoms with van der Waals surface area (Å²) in [5.41, 5.74) is -1.77. The number of hydrogen-bond acceptors (Lipinski definition) is 4. The molecule has 0 unspecified atom stereocenters. The van der Waals surface area contributed by atoms with Crippen LogP contribution in [-0.4, -0.2) is 24.7 Å². The van der Waals surface area contributed by atoms with E-state index in [0.29, 0.717) is 0 Å². The molecule has 0 radical (unpaired) electrons. The largest absolute Gasteiger partial charge is 0.482 e. The number of pyridine rings is 1. The predicted molar refractivity (Wildman–Crippen MR) is 58.9 cm³/mol. The first-order valence-corrected chi connectivity index (χ1v) is 5.23. The van der Waals surface area contributed by atoms with Gasteiger partial charge in [-0.25, -0.2) is 8.78 Å². The maximum atomic E-state index is 12.6. The number of halogens is 2. The lowest BCUT2D eigenvalue weighted by atomic mass is 10.1. The van der Waals surface area contributed by atoms with Crippen LogP contribution >= 0.6 is 0 Å². The number of rotatable bonds is 5. The van der Waals surface area contributed by atoms with E-state index in [1.165, 1.54) is 7.11 Å². The summed E-state index contributed by atoms with van der Waals surface area (Å²) in [7, 11) is 1.27. The van der Waals surface area contributed by atoms with Crippen molar-refractivity contribution in [3.05, 3.63) is 27.5 Å². The molecule has 0 fully saturated rings. The van der Waals surface area contributed by atoms with Gasteiger partial charge >= 0.3 is 5.97 Å². The molecule has 0 amide bonds. The minimum absolute atomic E-state index is 0.0162. The molecule has 100 valence electrons. The van der Waals surface area contributed by atoms with Gasteiger partial charge in [-0.15, -0.1) is 0 Å². The van der Waals surface area contributed by atoms with Crippen molar-refractivity contribution in [1.29, 1.82) is 0 Å². The number of hydrogen-bond donors (Lipinski definition) is 1. The van der Waals surface area contributed by atoms with Gasteiger partial charge in [-0.2, -0.15) is 0 Å². The van der Waals surface area contributed by atoms with Crippen LogP contribution in [0, 0.1) is 0 Å². The van der Waals surface area contributed by atoms with E-state index in [-0.39, 0.29) is 18.1 Å². The number of aromatic nitrogens is 1. The summed E-state index contributed by atoms with van der Waals surface area (Å²) in [5, 5.41) is 0. The Balaban J connectivity index is 3.18. The zero-order valence-electron chi connectivity index (χ0n) is 9.96. The lowest BCUT2D eigenvalue weighted by Crippen LogP contribution is -2.21. The monoisotopic (exact) mass is 261 g/mol. The molecule has 0 aliphatic rings. The highest BCUT2D eigenvalue weighted by Crippen LogP contribution is 2.19. The Morgan fingerprint density at radius 1 is 1.50 bits per heavy atom. The van der Waals surface area contributed by atoms with Crippen LogP contribution < -0.4 is 10.2 Å². The number of aromatic amines is 1. The zero-order valence-corrected chi connectivity index (χ0v) is 9.96. The quantitative estimate of drug-likeness (QED) is 0.814. The molecular formula is C11H13F2NO4. The van der Waals surface area contributed by atoms with E-state index in [9.17, 15) is 18.4 Å². The molecule has 0 saturated carbocycles. The Hall–Kier alpha value is -1.92. The molecular weight excluding hydrogens is 248 g/mol. The third kappa shape index (κ3) is 3.06. The SMILES string of the molecule is CCOC(=O)Cc1c(OC)[nH]cc(C(F)F)c1=O. The van der Waals surface area contributed by atoms with Gasteiger partial charge in [-0.05, 0) is 6.92 Å². The maximum Gasteiger partial charge on any atom is 0.310 e. The average Bonchev–Trinajstić information content (AvgIpc) is 2.31. The number of carbonyl (C=O) groups excluding carboxylic acids is 1. The Morgan fingerprint density at radius 2 is 2.17 bits per heavy atom. The lowest BCUT2D eigenvalue weighted by Gasteiger charge is -2.09. The number of methoxy groups -OCH3 is 1. The summed E-state index contributed by atoms with van der Waals surface area (Å²) in [6.07, 6.45) is -2.45. The van der Waals surface area contributed by atoms with Crippen LogP contribution in [0.5, 0.6) is 5.88 Å². The molecule has 0 atom stereocenters. The fourth-order valence-corrected chi connectivity index (χ4v) is 1.43. The van der Waals surface area contributed by atoms with Crippen molar-refractivity contribution >= 4 is 5.97 Å². The first-order valence-electron chi connectivity index (χ1n) is 5.23. The summed E-state index contributed by atoms with van der Waals surface area (Å²) in [6, 6.07) is 0. The number of H-pyrrole nitrogens is 1. The van der Waals surface area contributed by atoms with Gasteiger partial charge in [0.05, 0.1) is 31.3 Å². The Bertz CT molecular complexity index is 484. The molecule has 0 aliphatic carbocycles. The van der Waals surface area contributed by atoms with Gasteiger partial charge in [0.25, 0.3) is 6.43 Å². The number of alkyl halides is 2. The average molecular weight is 261 g/mol. The predicted octanol–water partition coefficient (Wildman–Crippen LogP) is 1.43. The summed E-state index contributed by atoms with van der Waals surface area (Å²) < 4.78 is 34.6. The molecule has 1 aromatic heterocycles. The van der Waals surface area contributed by atoms with Crippen LogP contribution in [0.3, 0.4) is 0 Å². The first kappa shape index (κ1) is 14.1. The molecule has 5 nitrogen and oxygen atoms in total. The summed E-state index contributed by atoms with van der Waals surface area (Å²) in [6.45, 7) is 1.75. The second-order valence-electron chi connectivity index (χ2n) is 3.37. The third-order valence-corrected chi connectivity index (χ3v) is 2.23. The standard InChI is InChI=1S/C11H13F2NO4/c1-3-18-8(15)4-6-9(16)7(10(12)13)5-14-11(6)17-2/h5,10H,3-4H2,1-2H3,(H,14,16). The van der Waals surface area contributed by atoms with Crippen LogP contribution in [0.25, 0.3) is 0 Å². The molecule has 18 heavy (non-hydrogen) atoms. The molecule has 7 heteroatoms. The minimum atomic E-state index is -2.92. The molecule has 1 aromatic rings. The van der Waals surface area contributed by atoms with Gasteiger partial charge in [0, 0.05) is 6.20 Å². The third-order valence-electron chi connectivity index (χ3n) is 2.23. The Kier molecular flexibility index (Phi) is 4.82. The normalized spacial score (nSPS) is 10.5. The van der Waals surface area contributed by atoms with Crippen molar-refractivity contribution in [2.24, 2.45) is 0 Å². The highest BCUT2D eigenvalue weighted by Gasteiger charge is 2.20. The van der Waals surface area contributed by atoms with Gasteiger partial charge < -0.3 is 14.5 Å². The van der Waals surface area contributed by atoms with Crippen molar-refractivity contribution in [3.63, 3.8) is 0 Å². The van der Waals surface area contributed by atoms with Gasteiger partial charge in [0.2, 0.25) is 0 Å². The van der Waals surface area contributed by atoms with Crippen molar-refractivity contribution in [2.75, 3.05) is 13.7 Å². The van der Waals surface area contributed by atoms with E-state index in [0.717, 1.165) is 6.20 Å². The number of esters is 1. The minimum Gasteiger partial charge on any atom is -0.482 e. The van der Waals surface area contributed by atoms with E-state index < -0.39 is 29.8 Å². The van der Waals surface area contributed by atoms with Gasteiger partial charge in [-0.1, -0.05) is 0 Å². The van der Waals surface area contributed by atoms with Crippen LogP contribution in [0.4, 0.5) is 8.78 Å². The molecule has 0 aromatic carbocycles. The van der Waals surface area contributed by atoms with Crippen molar-refractivity contribution < 1.29 is 23.0 Å². The molecule has 0 saturated heterocycles. The highest BCUT2D eigenvalue weighted by atomic mass is 19.3. The van der Waals surface area contributed by atoms with Crippen LogP contribution in [0.15, 0.2) is 11.0 Å². The van der Waals surface area contributed by atoms with Gasteiger partial charge in [-0.3, -0.25) is 9.59 Å². The molecule has 0 bridgehead atoms. The smallest absolute Gasteiger partial charge is 0.310 e. The maximum absolute atomic E-state index is 12.6. The number of ether oxygens (including phenoxy) is 2. The molecule has 1 heterocycles. The highest BCUT2D eigenvalue weighted by molar-refractivity contribution is 5.73. The fourth-order valence-electron chi connectivity index (χ4n) is 1.43. The van der Waals surface area contributed by atoms with E-state index in [4.69, 9.17) is 4.74 Å². The van der Waals surface area contributed by atoms with Gasteiger partial charge in [0.15, 0.2) is 11.3 Å². The molecule has 1 N–H and O–H groups in total. The van der Waals surface area contributed by atoms with Crippen LogP contribution in [0.1, 0.15) is 24.5 Å². The fraction of sp³-hybridized carbons (Fsp3) is 0.455. The zero-order chi connectivity index (χ0) is 13.7. The van der Waals surface area contributed by atoms with Crippen molar-refractivity contribution in [2.45, 2.75) is 19.8 Å². The van der Waals surface area contributed by atoms with Crippen molar-refractivity contribution in [3.8, 4) is 5.88 Å². The molecule has 1 rings (SSSR count). The summed E-state index contributed by atoms with van der Waals surface area (Å²) in [5.74, 6) is -0.690. The molecule has 0 aliphatic heterocycles. The van der Waals surface area contributed by atoms with Crippen LogP contribution in [0.2, 0.25) is 0 Å². The number of nitrogens with one attached hydrogen (secondary N) is 1. The van der Waals surface area contributed by atoms with E-state index in [2.05, 4.69) is 9.72 Å². The van der Waals surface area contributed by atoms with E-state index in [1.54, 1.807) is 6.92 Å². The van der Waals surface area contributed by atoms with E-state index in [1.807, 2.05) is 0 Å². The first-order chi connectivity index (χ1) is 8.51.